The second-order valence-electron chi connectivity index (χ2n) is 5.13. The van der Waals surface area contributed by atoms with Gasteiger partial charge in [0.2, 0.25) is 0 Å². The molecule has 0 aliphatic carbocycles. The van der Waals surface area contributed by atoms with Gasteiger partial charge in [0.15, 0.2) is 0 Å². The molecule has 126 valence electrons. The van der Waals surface area contributed by atoms with Crippen LogP contribution in [0.25, 0.3) is 11.1 Å². The summed E-state index contributed by atoms with van der Waals surface area (Å²) in [5, 5.41) is 18.9. The van der Waals surface area contributed by atoms with Crippen molar-refractivity contribution < 1.29 is 23.1 Å². The van der Waals surface area contributed by atoms with Crippen LogP contribution in [0.5, 0.6) is 0 Å². The van der Waals surface area contributed by atoms with Crippen LogP contribution in [-0.4, -0.2) is 16.3 Å². The van der Waals surface area contributed by atoms with Crippen molar-refractivity contribution in [3.63, 3.8) is 0 Å². The third kappa shape index (κ3) is 3.74. The van der Waals surface area contributed by atoms with E-state index in [0.717, 1.165) is 23.5 Å². The van der Waals surface area contributed by atoms with Crippen LogP contribution < -0.4 is 0 Å². The number of hydrogen-bond donors (Lipinski definition) is 1. The number of nitrogens with zero attached hydrogens (tertiary/aromatic N) is 1. The second kappa shape index (κ2) is 6.87. The van der Waals surface area contributed by atoms with Gasteiger partial charge in [-0.15, -0.1) is 23.1 Å². The van der Waals surface area contributed by atoms with E-state index in [1.54, 1.807) is 0 Å². The number of hydrogen-bond acceptors (Lipinski definition) is 4. The zero-order valence-electron chi connectivity index (χ0n) is 12.6. The van der Waals surface area contributed by atoms with E-state index in [0.29, 0.717) is 4.21 Å². The summed E-state index contributed by atoms with van der Waals surface area (Å²) in [4.78, 5) is 11.4. The minimum absolute atomic E-state index is 0.0456. The van der Waals surface area contributed by atoms with Crippen molar-refractivity contribution in [3.05, 3.63) is 40.3 Å². The molecule has 0 bridgehead atoms. The summed E-state index contributed by atoms with van der Waals surface area (Å²) >= 11 is 2.23. The fourth-order valence-corrected chi connectivity index (χ4v) is 4.64. The predicted octanol–water partition coefficient (Wildman–Crippen LogP) is 5.50. The van der Waals surface area contributed by atoms with Crippen LogP contribution in [-0.2, 0) is 6.18 Å². The molecule has 8 heteroatoms. The normalized spacial score (nSPS) is 11.5. The molecule has 0 spiro atoms. The van der Waals surface area contributed by atoms with E-state index >= 15 is 0 Å². The number of aromatic carboxylic acids is 1. The number of carboxylic acid groups (broad SMARTS) is 1. The molecule has 2 aromatic rings. The van der Waals surface area contributed by atoms with Crippen LogP contribution >= 0.6 is 23.1 Å². The molecule has 0 unspecified atom stereocenters. The predicted molar refractivity (Wildman–Crippen MR) is 87.4 cm³/mol. The van der Waals surface area contributed by atoms with E-state index < -0.39 is 17.7 Å². The Morgan fingerprint density at radius 3 is 2.54 bits per heavy atom. The minimum Gasteiger partial charge on any atom is -0.477 e. The zero-order valence-corrected chi connectivity index (χ0v) is 14.3. The van der Waals surface area contributed by atoms with Crippen molar-refractivity contribution in [3.8, 4) is 17.2 Å². The molecule has 24 heavy (non-hydrogen) atoms. The first-order valence-electron chi connectivity index (χ1n) is 6.79. The quantitative estimate of drug-likeness (QED) is 0.721. The lowest BCUT2D eigenvalue weighted by atomic mass is 10.00. The van der Waals surface area contributed by atoms with Gasteiger partial charge in [-0.25, -0.2) is 4.79 Å². The smallest absolute Gasteiger partial charge is 0.416 e. The molecule has 1 aromatic heterocycles. The average molecular weight is 371 g/mol. The van der Waals surface area contributed by atoms with Gasteiger partial charge in [-0.2, -0.15) is 18.4 Å². The van der Waals surface area contributed by atoms with Gasteiger partial charge in [-0.1, -0.05) is 26.0 Å². The van der Waals surface area contributed by atoms with Gasteiger partial charge < -0.3 is 5.11 Å². The van der Waals surface area contributed by atoms with Crippen molar-refractivity contribution in [1.29, 1.82) is 5.26 Å². The fraction of sp³-hybridized carbons (Fsp3) is 0.250. The third-order valence-electron chi connectivity index (χ3n) is 3.00. The maximum atomic E-state index is 12.9. The fourth-order valence-electron chi connectivity index (χ4n) is 2.09. The Kier molecular flexibility index (Phi) is 5.26. The van der Waals surface area contributed by atoms with Crippen LogP contribution in [0.15, 0.2) is 28.5 Å². The number of benzene rings is 1. The molecule has 0 amide bonds. The van der Waals surface area contributed by atoms with Gasteiger partial charge in [-0.3, -0.25) is 0 Å². The summed E-state index contributed by atoms with van der Waals surface area (Å²) in [7, 11) is 0. The van der Waals surface area contributed by atoms with Gasteiger partial charge in [0.1, 0.15) is 10.9 Å². The van der Waals surface area contributed by atoms with Crippen LogP contribution in [0.2, 0.25) is 0 Å². The highest BCUT2D eigenvalue weighted by atomic mass is 32.2. The molecule has 0 saturated carbocycles. The first-order chi connectivity index (χ1) is 11.1. The molecule has 1 aromatic carbocycles. The number of thioether (sulfide) groups is 1. The molecular formula is C16H12F3NO2S2. The van der Waals surface area contributed by atoms with Gasteiger partial charge in [0.05, 0.1) is 15.3 Å². The van der Waals surface area contributed by atoms with Crippen LogP contribution in [0.3, 0.4) is 0 Å². The van der Waals surface area contributed by atoms with Crippen molar-refractivity contribution in [2.45, 2.75) is 29.5 Å². The Balaban J connectivity index is 2.71. The topological polar surface area (TPSA) is 61.1 Å². The molecule has 1 heterocycles. The van der Waals surface area contributed by atoms with Crippen molar-refractivity contribution in [1.82, 2.24) is 0 Å². The molecule has 2 rings (SSSR count). The lowest BCUT2D eigenvalue weighted by Gasteiger charge is -2.09. The molecule has 0 fully saturated rings. The van der Waals surface area contributed by atoms with E-state index in [9.17, 15) is 28.3 Å². The number of carbonyl (C=O) groups is 1. The molecule has 0 radical (unpaired) electrons. The number of alkyl halides is 3. The zero-order chi connectivity index (χ0) is 18.1. The Morgan fingerprint density at radius 2 is 2.04 bits per heavy atom. The molecule has 0 aliphatic rings. The summed E-state index contributed by atoms with van der Waals surface area (Å²) < 4.78 is 39.3. The van der Waals surface area contributed by atoms with E-state index in [1.807, 2.05) is 19.9 Å². The Morgan fingerprint density at radius 1 is 1.38 bits per heavy atom. The van der Waals surface area contributed by atoms with E-state index in [4.69, 9.17) is 0 Å². The molecule has 1 N–H and O–H groups in total. The van der Waals surface area contributed by atoms with Gasteiger partial charge in [0.25, 0.3) is 0 Å². The van der Waals surface area contributed by atoms with Crippen molar-refractivity contribution in [2.75, 3.05) is 0 Å². The van der Waals surface area contributed by atoms with E-state index in [-0.39, 0.29) is 26.8 Å². The SMILES string of the molecule is CC(C)Sc1sc(C(=O)O)c(-c2cccc(C(F)(F)F)c2)c1C#N. The van der Waals surface area contributed by atoms with Gasteiger partial charge in [0, 0.05) is 10.8 Å². The highest BCUT2D eigenvalue weighted by Crippen LogP contribution is 2.43. The molecular weight excluding hydrogens is 359 g/mol. The monoisotopic (exact) mass is 371 g/mol. The minimum atomic E-state index is -4.54. The van der Waals surface area contributed by atoms with E-state index in [1.165, 1.54) is 23.9 Å². The summed E-state index contributed by atoms with van der Waals surface area (Å²) in [6.07, 6.45) is -4.54. The average Bonchev–Trinajstić information content (AvgIpc) is 2.84. The largest absolute Gasteiger partial charge is 0.477 e. The molecule has 0 saturated heterocycles. The highest BCUT2D eigenvalue weighted by molar-refractivity contribution is 8.01. The third-order valence-corrected chi connectivity index (χ3v) is 5.40. The Bertz CT molecular complexity index is 820. The molecule has 3 nitrogen and oxygen atoms in total. The lowest BCUT2D eigenvalue weighted by molar-refractivity contribution is -0.137. The number of nitriles is 1. The summed E-state index contributed by atoms with van der Waals surface area (Å²) in [6, 6.07) is 6.32. The number of halogens is 3. The number of carboxylic acids is 1. The van der Waals surface area contributed by atoms with Crippen molar-refractivity contribution in [2.24, 2.45) is 0 Å². The molecule has 0 atom stereocenters. The van der Waals surface area contributed by atoms with Crippen LogP contribution in [0.4, 0.5) is 13.2 Å². The van der Waals surface area contributed by atoms with Crippen molar-refractivity contribution >= 4 is 29.1 Å². The summed E-state index contributed by atoms with van der Waals surface area (Å²) in [6.45, 7) is 3.77. The van der Waals surface area contributed by atoms with Gasteiger partial charge >= 0.3 is 12.1 Å². The standard InChI is InChI=1S/C16H12F3NO2S2/c1-8(2)23-15-11(7-20)12(13(24-15)14(21)22)9-4-3-5-10(6-9)16(17,18)19/h3-6,8H,1-2H3,(H,21,22). The second-order valence-corrected chi connectivity index (χ2v) is 8.00. The lowest BCUT2D eigenvalue weighted by Crippen LogP contribution is -2.05. The molecule has 0 aliphatic heterocycles. The first-order valence-corrected chi connectivity index (χ1v) is 8.49. The number of thiophene rings is 1. The Hall–Kier alpha value is -1.98. The van der Waals surface area contributed by atoms with Gasteiger partial charge in [-0.05, 0) is 17.7 Å². The highest BCUT2D eigenvalue weighted by Gasteiger charge is 2.32. The van der Waals surface area contributed by atoms with Crippen LogP contribution in [0, 0.1) is 11.3 Å². The van der Waals surface area contributed by atoms with Crippen LogP contribution in [0.1, 0.15) is 34.6 Å². The summed E-state index contributed by atoms with van der Waals surface area (Å²) in [5.41, 5.74) is -0.658. The first kappa shape index (κ1) is 18.4. The summed E-state index contributed by atoms with van der Waals surface area (Å²) in [5.74, 6) is -1.26. The maximum Gasteiger partial charge on any atom is 0.416 e. The Labute approximate surface area is 144 Å². The maximum absolute atomic E-state index is 12.9. The van der Waals surface area contributed by atoms with E-state index in [2.05, 4.69) is 0 Å². The number of rotatable bonds is 4.